The molecule has 3 N–H and O–H groups in total. The van der Waals surface area contributed by atoms with Crippen molar-refractivity contribution in [2.75, 3.05) is 6.61 Å². The van der Waals surface area contributed by atoms with Crippen molar-refractivity contribution in [3.05, 3.63) is 32.2 Å². The standard InChI is InChI=1S/C36H51N7O6S2/c1-10-18(7)27-33-37-22(13-48-33)30(45)40-26(17(5)6)36-39-24(15-51-36)32(47)42-28(19(8)11-2)34-43-29(20(9)49-34)25(44)12-21(16(3)4)35-38-23(14-50-35)31(46)41-27/h14-22,26-29H,10-13H2,1-9H3,(H,40,45)(H,41,46)(H,42,47)/t18-,19-,20+,21+,22-,26+,27-,28-,29-/m0/s1. The minimum Gasteiger partial charge on any atom is -0.477 e. The summed E-state index contributed by atoms with van der Waals surface area (Å²) in [6, 6.07) is -3.19. The van der Waals surface area contributed by atoms with E-state index in [0.29, 0.717) is 21.8 Å². The van der Waals surface area contributed by atoms with Crippen molar-refractivity contribution in [1.29, 1.82) is 0 Å². The number of carbonyl (C=O) groups is 4. The fourth-order valence-corrected chi connectivity index (χ4v) is 8.41. The Balaban J connectivity index is 1.53. The van der Waals surface area contributed by atoms with Crippen LogP contribution in [0.5, 0.6) is 0 Å². The molecule has 3 aliphatic rings. The Kier molecular flexibility index (Phi) is 12.3. The number of ether oxygens (including phenoxy) is 2. The molecular formula is C36H51N7O6S2. The summed E-state index contributed by atoms with van der Waals surface area (Å²) in [6.07, 6.45) is 1.11. The second-order valence-corrected chi connectivity index (χ2v) is 16.4. The molecule has 8 bridgehead atoms. The highest BCUT2D eigenvalue weighted by atomic mass is 32.1. The van der Waals surface area contributed by atoms with Crippen LogP contribution >= 0.6 is 22.7 Å². The number of nitrogens with one attached hydrogen (secondary N) is 3. The Morgan fingerprint density at radius 3 is 1.90 bits per heavy atom. The Hall–Kier alpha value is -3.72. The van der Waals surface area contributed by atoms with E-state index >= 15 is 0 Å². The number of aliphatic imine (C=N–C) groups is 2. The van der Waals surface area contributed by atoms with Gasteiger partial charge in [0.1, 0.15) is 47.2 Å². The fraction of sp³-hybridized carbons (Fsp3) is 0.667. The van der Waals surface area contributed by atoms with Gasteiger partial charge in [-0.25, -0.2) is 20.0 Å². The molecule has 0 saturated carbocycles. The number of hydrogen-bond acceptors (Lipinski definition) is 12. The maximum atomic E-state index is 13.9. The Morgan fingerprint density at radius 1 is 0.765 bits per heavy atom. The van der Waals surface area contributed by atoms with Crippen LogP contribution in [-0.2, 0) is 19.1 Å². The largest absolute Gasteiger partial charge is 0.477 e. The highest BCUT2D eigenvalue weighted by molar-refractivity contribution is 7.10. The third-order valence-corrected chi connectivity index (χ3v) is 12.0. The van der Waals surface area contributed by atoms with Gasteiger partial charge >= 0.3 is 0 Å². The smallest absolute Gasteiger partial charge is 0.271 e. The minimum atomic E-state index is -0.817. The molecule has 9 atom stereocenters. The highest BCUT2D eigenvalue weighted by Crippen LogP contribution is 2.33. The summed E-state index contributed by atoms with van der Waals surface area (Å²) in [5.41, 5.74) is 0.465. The molecule has 0 aromatic carbocycles. The summed E-state index contributed by atoms with van der Waals surface area (Å²) in [4.78, 5) is 73.5. The van der Waals surface area contributed by atoms with Gasteiger partial charge in [0.2, 0.25) is 17.7 Å². The van der Waals surface area contributed by atoms with Crippen molar-refractivity contribution in [3.8, 4) is 0 Å². The van der Waals surface area contributed by atoms with E-state index < -0.39 is 42.2 Å². The third kappa shape index (κ3) is 8.51. The van der Waals surface area contributed by atoms with Gasteiger partial charge < -0.3 is 25.4 Å². The zero-order valence-corrected chi connectivity index (χ0v) is 32.5. The zero-order valence-electron chi connectivity index (χ0n) is 30.9. The monoisotopic (exact) mass is 741 g/mol. The second-order valence-electron chi connectivity index (χ2n) is 14.6. The molecule has 2 aromatic heterocycles. The topological polar surface area (TPSA) is 173 Å². The van der Waals surface area contributed by atoms with Gasteiger partial charge in [0.15, 0.2) is 11.8 Å². The minimum absolute atomic E-state index is 0.0355. The van der Waals surface area contributed by atoms with Crippen molar-refractivity contribution < 1.29 is 28.7 Å². The molecule has 2 aromatic rings. The lowest BCUT2D eigenvalue weighted by Crippen LogP contribution is -2.45. The highest BCUT2D eigenvalue weighted by Gasteiger charge is 2.40. The van der Waals surface area contributed by atoms with E-state index in [2.05, 4.69) is 25.9 Å². The molecule has 0 radical (unpaired) electrons. The van der Waals surface area contributed by atoms with Crippen LogP contribution in [0, 0.1) is 23.7 Å². The maximum absolute atomic E-state index is 13.9. The van der Waals surface area contributed by atoms with E-state index in [1.165, 1.54) is 22.7 Å². The first kappa shape index (κ1) is 38.5. The quantitative estimate of drug-likeness (QED) is 0.367. The average molecular weight is 742 g/mol. The number of carbonyl (C=O) groups excluding carboxylic acids is 4. The summed E-state index contributed by atoms with van der Waals surface area (Å²) in [6.45, 7) is 17.9. The lowest BCUT2D eigenvalue weighted by atomic mass is 9.88. The molecule has 0 saturated heterocycles. The summed E-state index contributed by atoms with van der Waals surface area (Å²) in [7, 11) is 0. The second kappa shape index (κ2) is 16.3. The first-order chi connectivity index (χ1) is 24.2. The molecular weight excluding hydrogens is 691 g/mol. The van der Waals surface area contributed by atoms with E-state index in [1.807, 2.05) is 62.3 Å². The molecule has 51 heavy (non-hydrogen) atoms. The lowest BCUT2D eigenvalue weighted by molar-refractivity contribution is -0.124. The van der Waals surface area contributed by atoms with E-state index in [0.717, 1.165) is 12.8 Å². The van der Waals surface area contributed by atoms with Gasteiger partial charge in [0, 0.05) is 23.1 Å². The van der Waals surface area contributed by atoms with Crippen LogP contribution in [-0.4, -0.2) is 82.1 Å². The first-order valence-electron chi connectivity index (χ1n) is 18.0. The molecule has 13 nitrogen and oxygen atoms in total. The van der Waals surface area contributed by atoms with E-state index in [1.54, 1.807) is 10.8 Å². The van der Waals surface area contributed by atoms with Crippen molar-refractivity contribution >= 4 is 58.0 Å². The van der Waals surface area contributed by atoms with Crippen LogP contribution in [0.2, 0.25) is 0 Å². The molecule has 3 amide bonds. The molecule has 15 heteroatoms. The van der Waals surface area contributed by atoms with Gasteiger partial charge in [-0.2, -0.15) is 0 Å². The number of nitrogens with zero attached hydrogens (tertiary/aromatic N) is 4. The van der Waals surface area contributed by atoms with E-state index in [4.69, 9.17) is 19.5 Å². The molecule has 0 aliphatic carbocycles. The number of Topliss-reactive ketones (excluding diaryl/α,β-unsaturated/α-hetero) is 1. The normalized spacial score (nSPS) is 28.9. The van der Waals surface area contributed by atoms with Crippen LogP contribution in [0.4, 0.5) is 0 Å². The maximum Gasteiger partial charge on any atom is 0.271 e. The summed E-state index contributed by atoms with van der Waals surface area (Å²) in [5.74, 6) is -0.895. The SMILES string of the molecule is CC[C@H](C)[C@@H]1NC(=O)c2csc(n2)[C@@H](C(C)C)CC(=O)[C@H]2N=C(O[C@@H]2C)[C@H]([C@@H](C)CC)NC(=O)c2csc(n2)[C@@H](C(C)C)NC(=O)[C@@H]2COC1=N2. The first-order valence-corrected chi connectivity index (χ1v) is 19.8. The number of amides is 3. The number of ketones is 1. The van der Waals surface area contributed by atoms with Gasteiger partial charge in [-0.15, -0.1) is 22.7 Å². The Labute approximate surface area is 307 Å². The molecule has 5 heterocycles. The number of hydrogen-bond donors (Lipinski definition) is 3. The predicted octanol–water partition coefficient (Wildman–Crippen LogP) is 5.10. The van der Waals surface area contributed by atoms with Gasteiger partial charge in [0.25, 0.3) is 11.8 Å². The fourth-order valence-electron chi connectivity index (χ4n) is 6.31. The Morgan fingerprint density at radius 2 is 1.33 bits per heavy atom. The molecule has 278 valence electrons. The van der Waals surface area contributed by atoms with Crippen LogP contribution < -0.4 is 16.0 Å². The van der Waals surface area contributed by atoms with Gasteiger partial charge in [-0.3, -0.25) is 19.2 Å². The zero-order chi connectivity index (χ0) is 37.1. The average Bonchev–Trinajstić information content (AvgIpc) is 3.92. The number of rotatable bonds is 6. The molecule has 5 rings (SSSR count). The van der Waals surface area contributed by atoms with Crippen molar-refractivity contribution in [2.24, 2.45) is 33.7 Å². The van der Waals surface area contributed by atoms with Crippen molar-refractivity contribution in [3.63, 3.8) is 0 Å². The van der Waals surface area contributed by atoms with Gasteiger partial charge in [0.05, 0.1) is 11.0 Å². The van der Waals surface area contributed by atoms with Crippen LogP contribution in [0.3, 0.4) is 0 Å². The number of thiazole rings is 2. The van der Waals surface area contributed by atoms with Crippen LogP contribution in [0.15, 0.2) is 20.7 Å². The van der Waals surface area contributed by atoms with Crippen molar-refractivity contribution in [2.45, 2.75) is 124 Å². The summed E-state index contributed by atoms with van der Waals surface area (Å²) < 4.78 is 12.1. The van der Waals surface area contributed by atoms with Gasteiger partial charge in [-0.1, -0.05) is 68.2 Å². The summed E-state index contributed by atoms with van der Waals surface area (Å²) >= 11 is 2.64. The van der Waals surface area contributed by atoms with Crippen molar-refractivity contribution in [1.82, 2.24) is 25.9 Å². The Bertz CT molecular complexity index is 1670. The van der Waals surface area contributed by atoms with E-state index in [-0.39, 0.29) is 71.6 Å². The van der Waals surface area contributed by atoms with Crippen LogP contribution in [0.1, 0.15) is 125 Å². The molecule has 0 spiro atoms. The predicted molar refractivity (Wildman–Crippen MR) is 198 cm³/mol. The molecule has 0 fully saturated rings. The third-order valence-electron chi connectivity index (χ3n) is 10.1. The lowest BCUT2D eigenvalue weighted by Gasteiger charge is -2.24. The number of fused-ring (bicyclic) bond motifs is 6. The van der Waals surface area contributed by atoms with Crippen LogP contribution in [0.25, 0.3) is 0 Å². The van der Waals surface area contributed by atoms with Gasteiger partial charge in [-0.05, 0) is 30.6 Å². The number of aromatic nitrogens is 2. The summed E-state index contributed by atoms with van der Waals surface area (Å²) in [5, 5.41) is 13.9. The molecule has 0 unspecified atom stereocenters. The van der Waals surface area contributed by atoms with E-state index in [9.17, 15) is 19.2 Å². The molecule has 3 aliphatic heterocycles.